The molecule has 22 heavy (non-hydrogen) atoms. The van der Waals surface area contributed by atoms with E-state index in [0.717, 1.165) is 30.8 Å². The average molecular weight is 314 g/mol. The second-order valence-corrected chi connectivity index (χ2v) is 5.87. The third kappa shape index (κ3) is 4.00. The summed E-state index contributed by atoms with van der Waals surface area (Å²) in [4.78, 5) is 14.2. The molecule has 1 aromatic rings. The molecule has 0 aromatic heterocycles. The first kappa shape index (κ1) is 16.8. The van der Waals surface area contributed by atoms with E-state index in [-0.39, 0.29) is 17.9 Å². The summed E-state index contributed by atoms with van der Waals surface area (Å²) in [7, 11) is 0. The molecule has 0 aliphatic carbocycles. The van der Waals surface area contributed by atoms with E-state index in [1.807, 2.05) is 18.7 Å². The van der Waals surface area contributed by atoms with Crippen molar-refractivity contribution in [2.45, 2.75) is 38.4 Å². The Labute approximate surface area is 128 Å². The average Bonchev–Trinajstić information content (AvgIpc) is 2.46. The van der Waals surface area contributed by atoms with Crippen molar-refractivity contribution in [2.24, 2.45) is 0 Å². The van der Waals surface area contributed by atoms with E-state index in [4.69, 9.17) is 0 Å². The molecule has 1 aliphatic heterocycles. The van der Waals surface area contributed by atoms with Gasteiger partial charge in [0.25, 0.3) is 0 Å². The lowest BCUT2D eigenvalue weighted by Gasteiger charge is -2.34. The Morgan fingerprint density at radius 1 is 1.36 bits per heavy atom. The number of hydrogen-bond donors (Lipinski definition) is 1. The molecular weight excluding hydrogens is 293 g/mol. The zero-order valence-electron chi connectivity index (χ0n) is 12.8. The minimum absolute atomic E-state index is 0.0568. The largest absolute Gasteiger partial charge is 0.416 e. The first-order valence-corrected chi connectivity index (χ1v) is 7.46. The van der Waals surface area contributed by atoms with Gasteiger partial charge in [-0.2, -0.15) is 13.2 Å². The fraction of sp³-hybridized carbons (Fsp3) is 0.562. The molecule has 0 spiro atoms. The van der Waals surface area contributed by atoms with Crippen molar-refractivity contribution in [1.29, 1.82) is 0 Å². The van der Waals surface area contributed by atoms with Gasteiger partial charge in [0.2, 0.25) is 5.91 Å². The van der Waals surface area contributed by atoms with Crippen LogP contribution in [0, 0.1) is 0 Å². The Kier molecular flexibility index (Phi) is 5.11. The standard InChI is InChI=1S/C16H21F3N2O/c1-11(9-15(22)21-8-7-20-10-12(21)2)13-3-5-14(6-4-13)16(17,18)19/h3-6,11-12,20H,7-10H2,1-2H3/t11?,12-/m1/s1. The molecule has 1 heterocycles. The zero-order chi connectivity index (χ0) is 16.3. The molecule has 0 saturated carbocycles. The first-order chi connectivity index (χ1) is 10.3. The van der Waals surface area contributed by atoms with Gasteiger partial charge in [0, 0.05) is 32.1 Å². The van der Waals surface area contributed by atoms with Crippen LogP contribution in [0.15, 0.2) is 24.3 Å². The summed E-state index contributed by atoms with van der Waals surface area (Å²) in [6.07, 6.45) is -4.01. The van der Waals surface area contributed by atoms with Crippen molar-refractivity contribution in [1.82, 2.24) is 10.2 Å². The molecule has 0 radical (unpaired) electrons. The van der Waals surface area contributed by atoms with Crippen LogP contribution in [0.3, 0.4) is 0 Å². The third-order valence-corrected chi connectivity index (χ3v) is 4.11. The molecule has 1 unspecified atom stereocenters. The van der Waals surface area contributed by atoms with Gasteiger partial charge in [-0.25, -0.2) is 0 Å². The van der Waals surface area contributed by atoms with E-state index >= 15 is 0 Å². The number of nitrogens with zero attached hydrogens (tertiary/aromatic N) is 1. The fourth-order valence-electron chi connectivity index (χ4n) is 2.71. The Hall–Kier alpha value is -1.56. The number of carbonyl (C=O) groups excluding carboxylic acids is 1. The van der Waals surface area contributed by atoms with Crippen LogP contribution in [0.2, 0.25) is 0 Å². The van der Waals surface area contributed by atoms with Gasteiger partial charge in [-0.05, 0) is 30.5 Å². The summed E-state index contributed by atoms with van der Waals surface area (Å²) >= 11 is 0. The Morgan fingerprint density at radius 2 is 2.00 bits per heavy atom. The van der Waals surface area contributed by atoms with E-state index in [1.165, 1.54) is 12.1 Å². The molecule has 1 N–H and O–H groups in total. The third-order valence-electron chi connectivity index (χ3n) is 4.11. The lowest BCUT2D eigenvalue weighted by Crippen LogP contribution is -2.52. The van der Waals surface area contributed by atoms with Crippen LogP contribution in [0.5, 0.6) is 0 Å². The summed E-state index contributed by atoms with van der Waals surface area (Å²) < 4.78 is 37.6. The topological polar surface area (TPSA) is 32.3 Å². The number of alkyl halides is 3. The van der Waals surface area contributed by atoms with Crippen LogP contribution >= 0.6 is 0 Å². The normalized spacial score (nSPS) is 20.8. The number of nitrogens with one attached hydrogen (secondary N) is 1. The zero-order valence-corrected chi connectivity index (χ0v) is 12.8. The highest BCUT2D eigenvalue weighted by Crippen LogP contribution is 2.30. The molecule has 1 aliphatic rings. The molecule has 2 atom stereocenters. The molecule has 6 heteroatoms. The SMILES string of the molecule is CC(CC(=O)N1CCNC[C@H]1C)c1ccc(C(F)(F)F)cc1. The minimum Gasteiger partial charge on any atom is -0.337 e. The first-order valence-electron chi connectivity index (χ1n) is 7.46. The van der Waals surface area contributed by atoms with E-state index in [9.17, 15) is 18.0 Å². The number of halogens is 3. The molecule has 1 saturated heterocycles. The van der Waals surface area contributed by atoms with Crippen molar-refractivity contribution >= 4 is 5.91 Å². The maximum Gasteiger partial charge on any atom is 0.416 e. The van der Waals surface area contributed by atoms with Gasteiger partial charge >= 0.3 is 6.18 Å². The van der Waals surface area contributed by atoms with Crippen molar-refractivity contribution in [3.63, 3.8) is 0 Å². The summed E-state index contributed by atoms with van der Waals surface area (Å²) in [5, 5.41) is 3.22. The highest BCUT2D eigenvalue weighted by Gasteiger charge is 2.30. The predicted molar refractivity (Wildman–Crippen MR) is 78.5 cm³/mol. The summed E-state index contributed by atoms with van der Waals surface area (Å²) in [5.41, 5.74) is 0.0923. The maximum atomic E-state index is 12.5. The summed E-state index contributed by atoms with van der Waals surface area (Å²) in [6.45, 7) is 6.10. The fourth-order valence-corrected chi connectivity index (χ4v) is 2.71. The Balaban J connectivity index is 1.99. The molecule has 122 valence electrons. The number of amides is 1. The number of rotatable bonds is 3. The van der Waals surface area contributed by atoms with Crippen LogP contribution < -0.4 is 5.32 Å². The monoisotopic (exact) mass is 314 g/mol. The number of benzene rings is 1. The smallest absolute Gasteiger partial charge is 0.337 e. The molecule has 1 amide bonds. The van der Waals surface area contributed by atoms with E-state index in [1.54, 1.807) is 0 Å². The molecule has 1 fully saturated rings. The second kappa shape index (κ2) is 6.69. The lowest BCUT2D eigenvalue weighted by molar-refractivity contribution is -0.137. The molecule has 0 bridgehead atoms. The Bertz CT molecular complexity index is 513. The van der Waals surface area contributed by atoms with Crippen molar-refractivity contribution in [2.75, 3.05) is 19.6 Å². The van der Waals surface area contributed by atoms with Crippen LogP contribution in [-0.4, -0.2) is 36.5 Å². The van der Waals surface area contributed by atoms with Gasteiger partial charge in [-0.15, -0.1) is 0 Å². The van der Waals surface area contributed by atoms with E-state index < -0.39 is 11.7 Å². The summed E-state index contributed by atoms with van der Waals surface area (Å²) in [6, 6.07) is 5.22. The van der Waals surface area contributed by atoms with Gasteiger partial charge < -0.3 is 10.2 Å². The molecule has 2 rings (SSSR count). The minimum atomic E-state index is -4.33. The predicted octanol–water partition coefficient (Wildman–Crippen LogP) is 3.02. The van der Waals surface area contributed by atoms with Crippen molar-refractivity contribution in [3.05, 3.63) is 35.4 Å². The quantitative estimate of drug-likeness (QED) is 0.930. The van der Waals surface area contributed by atoms with Crippen molar-refractivity contribution in [3.8, 4) is 0 Å². The second-order valence-electron chi connectivity index (χ2n) is 5.87. The molecule has 1 aromatic carbocycles. The van der Waals surface area contributed by atoms with Gasteiger partial charge in [0.15, 0.2) is 0 Å². The maximum absolute atomic E-state index is 12.5. The van der Waals surface area contributed by atoms with E-state index in [0.29, 0.717) is 13.0 Å². The molecule has 3 nitrogen and oxygen atoms in total. The van der Waals surface area contributed by atoms with Gasteiger partial charge in [-0.1, -0.05) is 19.1 Å². The molecular formula is C16H21F3N2O. The van der Waals surface area contributed by atoms with Crippen LogP contribution in [-0.2, 0) is 11.0 Å². The van der Waals surface area contributed by atoms with E-state index in [2.05, 4.69) is 5.32 Å². The van der Waals surface area contributed by atoms with Crippen LogP contribution in [0.4, 0.5) is 13.2 Å². The van der Waals surface area contributed by atoms with Gasteiger partial charge in [-0.3, -0.25) is 4.79 Å². The number of carbonyl (C=O) groups is 1. The van der Waals surface area contributed by atoms with Gasteiger partial charge in [0.1, 0.15) is 0 Å². The summed E-state index contributed by atoms with van der Waals surface area (Å²) in [5.74, 6) is -0.0433. The van der Waals surface area contributed by atoms with Crippen molar-refractivity contribution < 1.29 is 18.0 Å². The number of piperazine rings is 1. The van der Waals surface area contributed by atoms with Crippen LogP contribution in [0.25, 0.3) is 0 Å². The highest BCUT2D eigenvalue weighted by atomic mass is 19.4. The van der Waals surface area contributed by atoms with Gasteiger partial charge in [0.05, 0.1) is 5.56 Å². The highest BCUT2D eigenvalue weighted by molar-refractivity contribution is 5.77. The van der Waals surface area contributed by atoms with Crippen LogP contribution in [0.1, 0.15) is 37.3 Å². The Morgan fingerprint density at radius 3 is 2.55 bits per heavy atom. The number of hydrogen-bond acceptors (Lipinski definition) is 2. The lowest BCUT2D eigenvalue weighted by atomic mass is 9.95.